The Balaban J connectivity index is 1.33. The van der Waals surface area contributed by atoms with E-state index in [0.717, 1.165) is 20.5 Å². The maximum Gasteiger partial charge on any atom is 0.272 e. The van der Waals surface area contributed by atoms with Gasteiger partial charge in [0.05, 0.1) is 12.8 Å². The SMILES string of the molecule is COc1ccccc1NC(=O)C(Sc1ccc(NC(=O)/C(=C/c2ccc(Br)cc2)NC(=O)c2ccccc2)cc1)c1ccccc1. The lowest BCUT2D eigenvalue weighted by molar-refractivity contribution is -0.116. The van der Waals surface area contributed by atoms with Gasteiger partial charge in [-0.05, 0) is 77.9 Å². The Morgan fingerprint density at radius 3 is 2.04 bits per heavy atom. The molecule has 0 saturated heterocycles. The molecule has 0 saturated carbocycles. The summed E-state index contributed by atoms with van der Waals surface area (Å²) < 4.78 is 6.30. The monoisotopic (exact) mass is 691 g/mol. The third-order valence-corrected chi connectivity index (χ3v) is 8.58. The molecule has 7 nitrogen and oxygen atoms in total. The fraction of sp³-hybridized carbons (Fsp3) is 0.0541. The second-order valence-electron chi connectivity index (χ2n) is 10.0. The van der Waals surface area contributed by atoms with E-state index in [4.69, 9.17) is 4.74 Å². The normalized spacial score (nSPS) is 11.7. The minimum absolute atomic E-state index is 0.0896. The zero-order chi connectivity index (χ0) is 32.3. The summed E-state index contributed by atoms with van der Waals surface area (Å²) in [7, 11) is 1.56. The number of methoxy groups -OCH3 is 1. The van der Waals surface area contributed by atoms with Crippen LogP contribution < -0.4 is 20.7 Å². The maximum absolute atomic E-state index is 13.5. The fourth-order valence-corrected chi connectivity index (χ4v) is 5.76. The Bertz CT molecular complexity index is 1830. The first-order chi connectivity index (χ1) is 22.4. The van der Waals surface area contributed by atoms with Crippen molar-refractivity contribution in [3.8, 4) is 5.75 Å². The first-order valence-electron chi connectivity index (χ1n) is 14.3. The van der Waals surface area contributed by atoms with E-state index in [9.17, 15) is 14.4 Å². The third-order valence-electron chi connectivity index (χ3n) is 6.78. The topological polar surface area (TPSA) is 96.5 Å². The molecule has 1 unspecified atom stereocenters. The molecule has 9 heteroatoms. The van der Waals surface area contributed by atoms with Crippen LogP contribution >= 0.6 is 27.7 Å². The van der Waals surface area contributed by atoms with Crippen LogP contribution in [0.3, 0.4) is 0 Å². The zero-order valence-electron chi connectivity index (χ0n) is 24.8. The zero-order valence-corrected chi connectivity index (χ0v) is 27.2. The molecule has 3 amide bonds. The third kappa shape index (κ3) is 8.74. The van der Waals surface area contributed by atoms with Crippen molar-refractivity contribution < 1.29 is 19.1 Å². The van der Waals surface area contributed by atoms with E-state index < -0.39 is 17.1 Å². The molecule has 3 N–H and O–H groups in total. The quantitative estimate of drug-likeness (QED) is 0.0956. The number of carbonyl (C=O) groups is 3. The number of anilines is 2. The summed E-state index contributed by atoms with van der Waals surface area (Å²) in [5.74, 6) is -0.508. The average Bonchev–Trinajstić information content (AvgIpc) is 3.09. The van der Waals surface area contributed by atoms with Gasteiger partial charge < -0.3 is 20.7 Å². The Labute approximate surface area is 280 Å². The summed E-state index contributed by atoms with van der Waals surface area (Å²) in [5.41, 5.74) is 3.22. The van der Waals surface area contributed by atoms with Crippen molar-refractivity contribution >= 4 is 62.9 Å². The number of nitrogens with one attached hydrogen (secondary N) is 3. The molecule has 1 atom stereocenters. The van der Waals surface area contributed by atoms with Crippen molar-refractivity contribution in [1.29, 1.82) is 0 Å². The second-order valence-corrected chi connectivity index (χ2v) is 12.1. The summed E-state index contributed by atoms with van der Waals surface area (Å²) in [6, 6.07) is 40.1. The highest BCUT2D eigenvalue weighted by Crippen LogP contribution is 2.37. The van der Waals surface area contributed by atoms with Gasteiger partial charge in [0.25, 0.3) is 11.8 Å². The fourth-order valence-electron chi connectivity index (χ4n) is 4.47. The second kappa shape index (κ2) is 15.7. The highest BCUT2D eigenvalue weighted by Gasteiger charge is 2.23. The molecule has 0 radical (unpaired) electrons. The van der Waals surface area contributed by atoms with Gasteiger partial charge in [0.1, 0.15) is 16.7 Å². The first-order valence-corrected chi connectivity index (χ1v) is 16.0. The minimum Gasteiger partial charge on any atom is -0.495 e. The van der Waals surface area contributed by atoms with Crippen molar-refractivity contribution in [3.63, 3.8) is 0 Å². The molecule has 0 aliphatic carbocycles. The van der Waals surface area contributed by atoms with E-state index in [0.29, 0.717) is 22.7 Å². The number of hydrogen-bond donors (Lipinski definition) is 3. The van der Waals surface area contributed by atoms with Gasteiger partial charge in [-0.2, -0.15) is 0 Å². The molecule has 46 heavy (non-hydrogen) atoms. The maximum atomic E-state index is 13.5. The van der Waals surface area contributed by atoms with Crippen LogP contribution in [0.4, 0.5) is 11.4 Å². The molecule has 0 heterocycles. The molecule has 0 aliphatic rings. The van der Waals surface area contributed by atoms with Gasteiger partial charge in [-0.25, -0.2) is 0 Å². The molecule has 5 aromatic rings. The predicted molar refractivity (Wildman–Crippen MR) is 188 cm³/mol. The highest BCUT2D eigenvalue weighted by molar-refractivity contribution is 9.10. The van der Waals surface area contributed by atoms with E-state index >= 15 is 0 Å². The Morgan fingerprint density at radius 2 is 1.37 bits per heavy atom. The predicted octanol–water partition coefficient (Wildman–Crippen LogP) is 8.34. The van der Waals surface area contributed by atoms with Crippen LogP contribution in [0.15, 0.2) is 149 Å². The molecule has 0 aromatic heterocycles. The smallest absolute Gasteiger partial charge is 0.272 e. The average molecular weight is 693 g/mol. The molecule has 5 rings (SSSR count). The van der Waals surface area contributed by atoms with Crippen molar-refractivity contribution in [1.82, 2.24) is 5.32 Å². The van der Waals surface area contributed by atoms with Crippen molar-refractivity contribution in [2.45, 2.75) is 10.1 Å². The van der Waals surface area contributed by atoms with Crippen molar-refractivity contribution in [2.75, 3.05) is 17.7 Å². The van der Waals surface area contributed by atoms with Gasteiger partial charge in [0.15, 0.2) is 0 Å². The molecule has 230 valence electrons. The number of hydrogen-bond acceptors (Lipinski definition) is 5. The van der Waals surface area contributed by atoms with E-state index in [1.165, 1.54) is 11.8 Å². The van der Waals surface area contributed by atoms with Crippen molar-refractivity contribution in [3.05, 3.63) is 160 Å². The van der Waals surface area contributed by atoms with Gasteiger partial charge >= 0.3 is 0 Å². The lowest BCUT2D eigenvalue weighted by Crippen LogP contribution is -2.30. The van der Waals surface area contributed by atoms with E-state index in [2.05, 4.69) is 31.9 Å². The molecule has 5 aromatic carbocycles. The number of ether oxygens (including phenoxy) is 1. The van der Waals surface area contributed by atoms with E-state index in [-0.39, 0.29) is 11.6 Å². The molecule has 0 bridgehead atoms. The van der Waals surface area contributed by atoms with Gasteiger partial charge in [-0.3, -0.25) is 14.4 Å². The molecular formula is C37H30BrN3O4S. The van der Waals surface area contributed by atoms with Crippen LogP contribution in [0.5, 0.6) is 5.75 Å². The highest BCUT2D eigenvalue weighted by atomic mass is 79.9. The Morgan fingerprint density at radius 1 is 0.739 bits per heavy atom. The number of thioether (sulfide) groups is 1. The van der Waals surface area contributed by atoms with Crippen LogP contribution in [-0.4, -0.2) is 24.8 Å². The van der Waals surface area contributed by atoms with Crippen LogP contribution in [0.1, 0.15) is 26.7 Å². The molecule has 0 spiro atoms. The van der Waals surface area contributed by atoms with Gasteiger partial charge in [0.2, 0.25) is 5.91 Å². The number of amides is 3. The van der Waals surface area contributed by atoms with Gasteiger partial charge in [0, 0.05) is 20.6 Å². The van der Waals surface area contributed by atoms with Crippen LogP contribution in [0.25, 0.3) is 6.08 Å². The summed E-state index contributed by atoms with van der Waals surface area (Å²) >= 11 is 4.81. The number of carbonyl (C=O) groups excluding carboxylic acids is 3. The number of rotatable bonds is 11. The standard InChI is InChI=1S/C37H30BrN3O4S/c1-45-33-15-9-8-14-31(33)40-37(44)34(26-10-4-2-5-11-26)46-30-22-20-29(21-23-30)39-36(43)32(24-25-16-18-28(38)19-17-25)41-35(42)27-12-6-3-7-13-27/h2-24,34H,1H3,(H,39,43)(H,40,44)(H,41,42)/b32-24-. The number of halogens is 1. The van der Waals surface area contributed by atoms with E-state index in [1.54, 1.807) is 61.7 Å². The number of benzene rings is 5. The molecular weight excluding hydrogens is 662 g/mol. The van der Waals surface area contributed by atoms with Crippen LogP contribution in [0, 0.1) is 0 Å². The summed E-state index contributed by atoms with van der Waals surface area (Å²) in [4.78, 5) is 40.8. The van der Waals surface area contributed by atoms with Crippen LogP contribution in [-0.2, 0) is 9.59 Å². The lowest BCUT2D eigenvalue weighted by atomic mass is 10.1. The lowest BCUT2D eigenvalue weighted by Gasteiger charge is -2.18. The summed E-state index contributed by atoms with van der Waals surface area (Å²) in [5, 5.41) is 8.07. The molecule has 0 aliphatic heterocycles. The van der Waals surface area contributed by atoms with E-state index in [1.807, 2.05) is 84.9 Å². The van der Waals surface area contributed by atoms with Crippen molar-refractivity contribution in [2.24, 2.45) is 0 Å². The summed E-state index contributed by atoms with van der Waals surface area (Å²) in [6.45, 7) is 0. The largest absolute Gasteiger partial charge is 0.495 e. The minimum atomic E-state index is -0.555. The first kappa shape index (κ1) is 32.3. The van der Waals surface area contributed by atoms with Gasteiger partial charge in [-0.15, -0.1) is 11.8 Å². The molecule has 0 fully saturated rings. The summed E-state index contributed by atoms with van der Waals surface area (Å²) in [6.07, 6.45) is 1.62. The Kier molecular flexibility index (Phi) is 11.0. The van der Waals surface area contributed by atoms with Crippen LogP contribution in [0.2, 0.25) is 0 Å². The van der Waals surface area contributed by atoms with Gasteiger partial charge in [-0.1, -0.05) is 88.7 Å². The Hall–Kier alpha value is -5.12. The number of para-hydroxylation sites is 2.